The Hall–Kier alpha value is -1.97. The summed E-state index contributed by atoms with van der Waals surface area (Å²) in [6, 6.07) is 10.3. The highest BCUT2D eigenvalue weighted by Gasteiger charge is 2.62. The van der Waals surface area contributed by atoms with Gasteiger partial charge in [0.2, 0.25) is 0 Å². The van der Waals surface area contributed by atoms with Gasteiger partial charge in [0.05, 0.1) is 16.4 Å². The molecule has 0 radical (unpaired) electrons. The molecule has 0 spiro atoms. The van der Waals surface area contributed by atoms with Gasteiger partial charge in [-0.15, -0.1) is 0 Å². The van der Waals surface area contributed by atoms with E-state index in [-0.39, 0.29) is 23.3 Å². The maximum Gasteiger partial charge on any atom is 0.188 e. The Morgan fingerprint density at radius 2 is 1.72 bits per heavy atom. The van der Waals surface area contributed by atoms with Crippen LogP contribution in [0, 0.1) is 28.4 Å². The Morgan fingerprint density at radius 3 is 2.28 bits per heavy atom. The topological polar surface area (TPSA) is 57.9 Å². The first-order chi connectivity index (χ1) is 11.6. The molecule has 2 aromatic rings. The fraction of sp³-hybridized carbons (Fsp3) is 0.278. The van der Waals surface area contributed by atoms with Crippen molar-refractivity contribution in [2.45, 2.75) is 29.4 Å². The van der Waals surface area contributed by atoms with Gasteiger partial charge in [0.25, 0.3) is 0 Å². The maximum absolute atomic E-state index is 14.4. The number of halogens is 3. The van der Waals surface area contributed by atoms with Crippen LogP contribution in [0.1, 0.15) is 25.3 Å². The molecular weight excluding hydrogens is 368 g/mol. The number of rotatable bonds is 3. The number of hydrogen-bond donors (Lipinski definition) is 0. The first-order valence-corrected chi connectivity index (χ1v) is 9.37. The number of sulfone groups is 1. The van der Waals surface area contributed by atoms with Crippen LogP contribution in [0.25, 0.3) is 0 Å². The minimum atomic E-state index is -4.07. The molecule has 3 nitrogen and oxygen atoms in total. The predicted molar refractivity (Wildman–Crippen MR) is 89.6 cm³/mol. The maximum atomic E-state index is 14.4. The minimum absolute atomic E-state index is 0.0412. The summed E-state index contributed by atoms with van der Waals surface area (Å²) in [4.78, 5) is -0.0412. The third-order valence-electron chi connectivity index (χ3n) is 4.68. The van der Waals surface area contributed by atoms with Crippen LogP contribution >= 0.6 is 11.6 Å². The van der Waals surface area contributed by atoms with Gasteiger partial charge in [0.15, 0.2) is 9.84 Å². The first-order valence-electron chi connectivity index (χ1n) is 7.51. The molecule has 0 saturated heterocycles. The molecule has 130 valence electrons. The van der Waals surface area contributed by atoms with E-state index in [9.17, 15) is 22.5 Å². The summed E-state index contributed by atoms with van der Waals surface area (Å²) >= 11 is 5.81. The largest absolute Gasteiger partial charge is 0.223 e. The zero-order valence-electron chi connectivity index (χ0n) is 13.3. The van der Waals surface area contributed by atoms with Crippen LogP contribution in [0.2, 0.25) is 5.02 Å². The molecule has 0 unspecified atom stereocenters. The molecule has 1 aliphatic rings. The molecule has 7 heteroatoms. The molecule has 0 amide bonds. The third kappa shape index (κ3) is 2.72. The van der Waals surface area contributed by atoms with E-state index in [0.717, 1.165) is 18.2 Å². The highest BCUT2D eigenvalue weighted by atomic mass is 35.5. The Balaban J connectivity index is 2.22. The van der Waals surface area contributed by atoms with Crippen molar-refractivity contribution in [3.63, 3.8) is 0 Å². The molecule has 0 aromatic heterocycles. The number of nitriles is 1. The van der Waals surface area contributed by atoms with Gasteiger partial charge < -0.3 is 0 Å². The number of nitrogens with zero attached hydrogens (tertiary/aromatic N) is 1. The summed E-state index contributed by atoms with van der Waals surface area (Å²) in [5.41, 5.74) is -1.16. The summed E-state index contributed by atoms with van der Waals surface area (Å²) in [6.07, 6.45) is -0.219. The van der Waals surface area contributed by atoms with Gasteiger partial charge in [-0.2, -0.15) is 5.26 Å². The fourth-order valence-corrected chi connectivity index (χ4v) is 6.03. The zero-order valence-corrected chi connectivity index (χ0v) is 14.8. The minimum Gasteiger partial charge on any atom is -0.223 e. The normalized spacial score (nSPS) is 25.9. The summed E-state index contributed by atoms with van der Waals surface area (Å²) in [5.74, 6) is -1.54. The van der Waals surface area contributed by atoms with Crippen LogP contribution in [0.5, 0.6) is 0 Å². The van der Waals surface area contributed by atoms with E-state index >= 15 is 0 Å². The number of hydrogen-bond acceptors (Lipinski definition) is 3. The van der Waals surface area contributed by atoms with Crippen LogP contribution in [0.15, 0.2) is 47.4 Å². The van der Waals surface area contributed by atoms with E-state index in [4.69, 9.17) is 11.6 Å². The Kier molecular flexibility index (Phi) is 4.13. The highest BCUT2D eigenvalue weighted by molar-refractivity contribution is 7.92. The van der Waals surface area contributed by atoms with Gasteiger partial charge in [-0.25, -0.2) is 17.2 Å². The van der Waals surface area contributed by atoms with Crippen molar-refractivity contribution < 1.29 is 17.2 Å². The third-order valence-corrected chi connectivity index (χ3v) is 7.36. The smallest absolute Gasteiger partial charge is 0.188 e. The highest BCUT2D eigenvalue weighted by Crippen LogP contribution is 2.60. The van der Waals surface area contributed by atoms with Gasteiger partial charge in [0.1, 0.15) is 16.4 Å². The molecule has 1 fully saturated rings. The van der Waals surface area contributed by atoms with Gasteiger partial charge in [-0.1, -0.05) is 11.6 Å². The Bertz CT molecular complexity index is 975. The SMILES string of the molecule is CC1(C#N)CC(c2cc(F)ccc2F)(S(=O)(=O)c2ccc(Cl)cc2)C1. The molecular formula is C18H14ClF2NO2S. The molecule has 0 heterocycles. The number of benzene rings is 2. The van der Waals surface area contributed by atoms with Crippen molar-refractivity contribution in [2.24, 2.45) is 5.41 Å². The van der Waals surface area contributed by atoms with Gasteiger partial charge >= 0.3 is 0 Å². The predicted octanol–water partition coefficient (Wildman–Crippen LogP) is 4.61. The van der Waals surface area contributed by atoms with Crippen molar-refractivity contribution in [1.82, 2.24) is 0 Å². The van der Waals surface area contributed by atoms with Gasteiger partial charge in [0, 0.05) is 10.6 Å². The lowest BCUT2D eigenvalue weighted by molar-refractivity contribution is 0.156. The van der Waals surface area contributed by atoms with Crippen molar-refractivity contribution >= 4 is 21.4 Å². The van der Waals surface area contributed by atoms with Crippen molar-refractivity contribution in [3.05, 3.63) is 64.7 Å². The summed E-state index contributed by atoms with van der Waals surface area (Å²) in [6.45, 7) is 1.61. The second kappa shape index (κ2) is 5.79. The summed E-state index contributed by atoms with van der Waals surface area (Å²) in [7, 11) is -4.07. The van der Waals surface area contributed by atoms with Crippen LogP contribution in [-0.2, 0) is 14.6 Å². The monoisotopic (exact) mass is 381 g/mol. The summed E-state index contributed by atoms with van der Waals surface area (Å²) in [5, 5.41) is 9.65. The van der Waals surface area contributed by atoms with Crippen LogP contribution in [-0.4, -0.2) is 8.42 Å². The van der Waals surface area contributed by atoms with E-state index in [1.54, 1.807) is 6.92 Å². The first kappa shape index (κ1) is 17.8. The van der Waals surface area contributed by atoms with Crippen LogP contribution in [0.3, 0.4) is 0 Å². The molecule has 0 bridgehead atoms. The van der Waals surface area contributed by atoms with E-state index in [0.29, 0.717) is 5.02 Å². The van der Waals surface area contributed by atoms with Crippen molar-refractivity contribution in [2.75, 3.05) is 0 Å². The molecule has 1 aliphatic carbocycles. The van der Waals surface area contributed by atoms with Crippen LogP contribution in [0.4, 0.5) is 8.78 Å². The molecule has 2 aromatic carbocycles. The summed E-state index contributed by atoms with van der Waals surface area (Å²) < 4.78 is 53.0. The molecule has 3 rings (SSSR count). The average Bonchev–Trinajstić information content (AvgIpc) is 2.54. The second-order valence-corrected chi connectivity index (χ2v) is 9.30. The van der Waals surface area contributed by atoms with E-state index < -0.39 is 31.6 Å². The van der Waals surface area contributed by atoms with Crippen LogP contribution < -0.4 is 0 Å². The van der Waals surface area contributed by atoms with Gasteiger partial charge in [-0.3, -0.25) is 0 Å². The quantitative estimate of drug-likeness (QED) is 0.780. The lowest BCUT2D eigenvalue weighted by Gasteiger charge is -2.50. The Morgan fingerprint density at radius 1 is 1.12 bits per heavy atom. The van der Waals surface area contributed by atoms with Gasteiger partial charge in [-0.05, 0) is 62.2 Å². The van der Waals surface area contributed by atoms with E-state index in [1.807, 2.05) is 0 Å². The lowest BCUT2D eigenvalue weighted by Crippen LogP contribution is -2.53. The molecule has 1 saturated carbocycles. The van der Waals surface area contributed by atoms with Crippen molar-refractivity contribution in [3.8, 4) is 6.07 Å². The average molecular weight is 382 g/mol. The van der Waals surface area contributed by atoms with E-state index in [2.05, 4.69) is 6.07 Å². The fourth-order valence-electron chi connectivity index (χ4n) is 3.50. The molecule has 0 atom stereocenters. The molecule has 0 aliphatic heterocycles. The van der Waals surface area contributed by atoms with E-state index in [1.165, 1.54) is 24.3 Å². The zero-order chi connectivity index (χ0) is 18.5. The van der Waals surface area contributed by atoms with Crippen molar-refractivity contribution in [1.29, 1.82) is 5.26 Å². The second-order valence-electron chi connectivity index (χ2n) is 6.60. The Labute approximate surface area is 149 Å². The lowest BCUT2D eigenvalue weighted by atomic mass is 9.61. The molecule has 25 heavy (non-hydrogen) atoms. The molecule has 0 N–H and O–H groups in total. The standard InChI is InChI=1S/C18H14ClF2NO2S/c1-17(11-22)9-18(10-17,15-8-13(20)4-7-16(15)21)25(23,24)14-5-2-12(19)3-6-14/h2-8H,9-10H2,1H3.